The minimum atomic E-state index is -0.474. The van der Waals surface area contributed by atoms with E-state index in [9.17, 15) is 19.3 Å². The van der Waals surface area contributed by atoms with E-state index in [2.05, 4.69) is 33.1 Å². The van der Waals surface area contributed by atoms with Crippen LogP contribution in [0.4, 0.5) is 10.1 Å². The van der Waals surface area contributed by atoms with Crippen molar-refractivity contribution in [1.82, 2.24) is 5.43 Å². The Bertz CT molecular complexity index is 1460. The second-order valence-electron chi connectivity index (χ2n) is 7.47. The van der Waals surface area contributed by atoms with Crippen LogP contribution in [0.5, 0.6) is 11.5 Å². The predicted octanol–water partition coefficient (Wildman–Crippen LogP) is 6.29. The normalized spacial score (nSPS) is 11.1. The van der Waals surface area contributed by atoms with E-state index in [1.807, 2.05) is 13.0 Å². The van der Waals surface area contributed by atoms with Crippen LogP contribution in [0.15, 0.2) is 65.8 Å². The second kappa shape index (κ2) is 11.4. The molecule has 0 aliphatic heterocycles. The van der Waals surface area contributed by atoms with Gasteiger partial charge in [0.25, 0.3) is 11.6 Å². The zero-order valence-corrected chi connectivity index (χ0v) is 21.8. The summed E-state index contributed by atoms with van der Waals surface area (Å²) in [6.07, 6.45) is 1.49. The molecule has 0 fully saturated rings. The number of halogens is 2. The largest absolute Gasteiger partial charge is 0.490 e. The van der Waals surface area contributed by atoms with Crippen LogP contribution in [-0.4, -0.2) is 23.7 Å². The summed E-state index contributed by atoms with van der Waals surface area (Å²) in [6, 6.07) is 15.7. The van der Waals surface area contributed by atoms with Crippen LogP contribution in [0, 0.1) is 19.5 Å². The molecule has 0 spiro atoms. The summed E-state index contributed by atoms with van der Waals surface area (Å²) < 4.78 is 26.4. The van der Waals surface area contributed by atoms with Gasteiger partial charge in [-0.15, -0.1) is 11.3 Å². The third-order valence-electron chi connectivity index (χ3n) is 4.94. The highest BCUT2D eigenvalue weighted by Gasteiger charge is 2.14. The van der Waals surface area contributed by atoms with Crippen molar-refractivity contribution in [2.75, 3.05) is 6.61 Å². The average Bonchev–Trinajstić information content (AvgIpc) is 3.28. The first-order valence-electron chi connectivity index (χ1n) is 10.7. The van der Waals surface area contributed by atoms with E-state index in [1.165, 1.54) is 41.8 Å². The van der Waals surface area contributed by atoms with E-state index in [0.29, 0.717) is 33.9 Å². The molecular weight excluding hydrogens is 600 g/mol. The zero-order chi connectivity index (χ0) is 25.7. The second-order valence-corrected chi connectivity index (χ2v) is 9.71. The lowest BCUT2D eigenvalue weighted by Crippen LogP contribution is -2.16. The topological polar surface area (TPSA) is 103 Å². The smallest absolute Gasteiger partial charge is 0.281 e. The third-order valence-corrected chi connectivity index (χ3v) is 6.86. The fourth-order valence-corrected chi connectivity index (χ4v) is 4.99. The van der Waals surface area contributed by atoms with Gasteiger partial charge in [0.15, 0.2) is 11.5 Å². The van der Waals surface area contributed by atoms with Gasteiger partial charge in [-0.1, -0.05) is 12.1 Å². The van der Waals surface area contributed by atoms with Crippen molar-refractivity contribution in [2.45, 2.75) is 13.5 Å². The van der Waals surface area contributed by atoms with Gasteiger partial charge >= 0.3 is 0 Å². The summed E-state index contributed by atoms with van der Waals surface area (Å²) in [6.45, 7) is 2.53. The van der Waals surface area contributed by atoms with Gasteiger partial charge in [0.2, 0.25) is 0 Å². The van der Waals surface area contributed by atoms with Crippen LogP contribution < -0.4 is 14.9 Å². The first-order valence-corrected chi connectivity index (χ1v) is 12.6. The number of fused-ring (bicyclic) bond motifs is 1. The number of nitrogens with zero attached hydrogens (tertiary/aromatic N) is 2. The lowest BCUT2D eigenvalue weighted by Gasteiger charge is -2.14. The molecule has 1 heterocycles. The number of hydrogen-bond acceptors (Lipinski definition) is 7. The number of nitro groups is 1. The molecule has 1 amide bonds. The summed E-state index contributed by atoms with van der Waals surface area (Å²) >= 11 is 3.35. The molecule has 0 aliphatic rings. The number of carbonyl (C=O) groups excluding carboxylic acids is 1. The monoisotopic (exact) mass is 619 g/mol. The fraction of sp³-hybridized carbons (Fsp3) is 0.120. The molecule has 0 unspecified atom stereocenters. The lowest BCUT2D eigenvalue weighted by atomic mass is 10.2. The number of nitrogens with one attached hydrogen (secondary N) is 1. The Morgan fingerprint density at radius 1 is 1.17 bits per heavy atom. The summed E-state index contributed by atoms with van der Waals surface area (Å²) in [5, 5.41) is 15.6. The molecule has 0 saturated heterocycles. The van der Waals surface area contributed by atoms with Crippen LogP contribution in [0.1, 0.15) is 27.7 Å². The Morgan fingerprint density at radius 2 is 1.94 bits per heavy atom. The van der Waals surface area contributed by atoms with Crippen molar-refractivity contribution in [3.63, 3.8) is 0 Å². The molecular formula is C25H19FIN3O5S. The number of benzene rings is 3. The number of nitro benzene ring substituents is 1. The number of hydrazone groups is 1. The van der Waals surface area contributed by atoms with Gasteiger partial charge in [0.05, 0.1) is 26.2 Å². The summed E-state index contributed by atoms with van der Waals surface area (Å²) in [5.41, 5.74) is 3.95. The highest BCUT2D eigenvalue weighted by molar-refractivity contribution is 14.1. The van der Waals surface area contributed by atoms with Gasteiger partial charge in [-0.05, 0) is 77.0 Å². The lowest BCUT2D eigenvalue weighted by molar-refractivity contribution is -0.384. The SMILES string of the molecule is CCOc1cc(/C=N\NC(=O)c2cc3cc([N+](=O)[O-])ccc3s2)cc(I)c1OCc1ccc(F)cc1. The van der Waals surface area contributed by atoms with Gasteiger partial charge in [-0.3, -0.25) is 14.9 Å². The van der Waals surface area contributed by atoms with Crippen molar-refractivity contribution in [3.05, 3.63) is 96.2 Å². The molecule has 4 rings (SSSR count). The zero-order valence-electron chi connectivity index (χ0n) is 18.9. The molecule has 0 atom stereocenters. The summed E-state index contributed by atoms with van der Waals surface area (Å²) in [7, 11) is 0. The van der Waals surface area contributed by atoms with Crippen molar-refractivity contribution in [2.24, 2.45) is 5.10 Å². The summed E-state index contributed by atoms with van der Waals surface area (Å²) in [5.74, 6) is 0.345. The van der Waals surface area contributed by atoms with E-state index in [1.54, 1.807) is 30.3 Å². The standard InChI is InChI=1S/C25H19FIN3O5S/c1-2-34-21-10-16(9-20(27)24(21)35-14-15-3-5-18(26)6-4-15)13-28-29-25(31)23-12-17-11-19(30(32)33)7-8-22(17)36-23/h3-13H,2,14H2,1H3,(H,29,31)/b28-13-. The number of amides is 1. The predicted molar refractivity (Wildman–Crippen MR) is 145 cm³/mol. The molecule has 4 aromatic rings. The third kappa shape index (κ3) is 6.15. The Balaban J connectivity index is 1.46. The van der Waals surface area contributed by atoms with Crippen LogP contribution in [0.25, 0.3) is 10.1 Å². The molecule has 0 radical (unpaired) electrons. The maximum absolute atomic E-state index is 13.1. The molecule has 36 heavy (non-hydrogen) atoms. The number of thiophene rings is 1. The minimum Gasteiger partial charge on any atom is -0.490 e. The quantitative estimate of drug-likeness (QED) is 0.103. The highest BCUT2D eigenvalue weighted by Crippen LogP contribution is 2.34. The number of carbonyl (C=O) groups is 1. The van der Waals surface area contributed by atoms with E-state index < -0.39 is 10.8 Å². The maximum Gasteiger partial charge on any atom is 0.281 e. The number of hydrogen-bond donors (Lipinski definition) is 1. The Hall–Kier alpha value is -3.58. The van der Waals surface area contributed by atoms with Gasteiger partial charge in [0.1, 0.15) is 12.4 Å². The van der Waals surface area contributed by atoms with Crippen LogP contribution in [0.3, 0.4) is 0 Å². The van der Waals surface area contributed by atoms with Crippen LogP contribution in [-0.2, 0) is 6.61 Å². The van der Waals surface area contributed by atoms with E-state index >= 15 is 0 Å². The van der Waals surface area contributed by atoms with Gasteiger partial charge in [-0.25, -0.2) is 9.82 Å². The highest BCUT2D eigenvalue weighted by atomic mass is 127. The van der Waals surface area contributed by atoms with Gasteiger partial charge in [-0.2, -0.15) is 5.10 Å². The molecule has 0 saturated carbocycles. The number of non-ortho nitro benzene ring substituents is 1. The first-order chi connectivity index (χ1) is 17.3. The molecule has 3 aromatic carbocycles. The number of rotatable bonds is 9. The fourth-order valence-electron chi connectivity index (χ4n) is 3.28. The van der Waals surface area contributed by atoms with Gasteiger partial charge < -0.3 is 9.47 Å². The van der Waals surface area contributed by atoms with Crippen molar-refractivity contribution >= 4 is 61.8 Å². The van der Waals surface area contributed by atoms with E-state index in [0.717, 1.165) is 13.8 Å². The molecule has 11 heteroatoms. The van der Waals surface area contributed by atoms with Gasteiger partial charge in [0, 0.05) is 22.2 Å². The minimum absolute atomic E-state index is 0.0323. The molecule has 0 aliphatic carbocycles. The Kier molecular flexibility index (Phi) is 8.10. The first kappa shape index (κ1) is 25.5. The van der Waals surface area contributed by atoms with Crippen molar-refractivity contribution < 1.29 is 23.6 Å². The van der Waals surface area contributed by atoms with Crippen molar-refractivity contribution in [3.8, 4) is 11.5 Å². The summed E-state index contributed by atoms with van der Waals surface area (Å²) in [4.78, 5) is 23.4. The molecule has 0 bridgehead atoms. The molecule has 1 N–H and O–H groups in total. The van der Waals surface area contributed by atoms with E-state index in [-0.39, 0.29) is 18.1 Å². The molecule has 184 valence electrons. The van der Waals surface area contributed by atoms with Crippen LogP contribution in [0.2, 0.25) is 0 Å². The van der Waals surface area contributed by atoms with E-state index in [4.69, 9.17) is 9.47 Å². The van der Waals surface area contributed by atoms with Crippen molar-refractivity contribution in [1.29, 1.82) is 0 Å². The maximum atomic E-state index is 13.1. The average molecular weight is 619 g/mol. The Morgan fingerprint density at radius 3 is 2.67 bits per heavy atom. The Labute approximate surface area is 223 Å². The number of ether oxygens (including phenoxy) is 2. The van der Waals surface area contributed by atoms with Crippen LogP contribution >= 0.6 is 33.9 Å². The molecule has 8 nitrogen and oxygen atoms in total. The molecule has 1 aromatic heterocycles.